The van der Waals surface area contributed by atoms with Gasteiger partial charge in [-0.05, 0) is 79.5 Å². The van der Waals surface area contributed by atoms with Crippen LogP contribution >= 0.6 is 11.6 Å². The van der Waals surface area contributed by atoms with Crippen molar-refractivity contribution in [3.8, 4) is 0 Å². The summed E-state index contributed by atoms with van der Waals surface area (Å²) in [6, 6.07) is 6.20. The number of rotatable bonds is 4. The maximum atomic E-state index is 6.08. The molecule has 0 aromatic heterocycles. The van der Waals surface area contributed by atoms with Crippen molar-refractivity contribution >= 4 is 11.6 Å². The first-order valence-corrected chi connectivity index (χ1v) is 7.83. The van der Waals surface area contributed by atoms with Gasteiger partial charge in [0.25, 0.3) is 0 Å². The Hall–Kier alpha value is -1.53. The summed E-state index contributed by atoms with van der Waals surface area (Å²) in [5.41, 5.74) is 7.64. The lowest BCUT2D eigenvalue weighted by Gasteiger charge is -2.13. The second-order valence-electron chi connectivity index (χ2n) is 5.84. The summed E-state index contributed by atoms with van der Waals surface area (Å²) < 4.78 is 0. The Balaban J connectivity index is 2.12. The van der Waals surface area contributed by atoms with Crippen molar-refractivity contribution in [2.24, 2.45) is 0 Å². The van der Waals surface area contributed by atoms with Crippen molar-refractivity contribution < 1.29 is 0 Å². The van der Waals surface area contributed by atoms with Crippen molar-refractivity contribution in [1.29, 1.82) is 0 Å². The molecule has 1 heteroatoms. The van der Waals surface area contributed by atoms with Crippen LogP contribution in [-0.2, 0) is 6.42 Å². The third kappa shape index (κ3) is 4.22. The molecule has 21 heavy (non-hydrogen) atoms. The van der Waals surface area contributed by atoms with Crippen molar-refractivity contribution in [1.82, 2.24) is 0 Å². The van der Waals surface area contributed by atoms with Crippen LogP contribution in [0.25, 0.3) is 0 Å². The number of hydrogen-bond donors (Lipinski definition) is 0. The Morgan fingerprint density at radius 2 is 2.10 bits per heavy atom. The molecule has 1 aliphatic carbocycles. The molecule has 0 unspecified atom stereocenters. The Morgan fingerprint density at radius 3 is 2.76 bits per heavy atom. The minimum Gasteiger partial charge on any atom is -0.0952 e. The van der Waals surface area contributed by atoms with Gasteiger partial charge in [0, 0.05) is 5.02 Å². The summed E-state index contributed by atoms with van der Waals surface area (Å²) in [4.78, 5) is 0. The van der Waals surface area contributed by atoms with Gasteiger partial charge in [-0.2, -0.15) is 0 Å². The maximum absolute atomic E-state index is 6.08. The normalized spacial score (nSPS) is 15.5. The summed E-state index contributed by atoms with van der Waals surface area (Å²) in [5.74, 6) is 0. The van der Waals surface area contributed by atoms with Crippen molar-refractivity contribution in [2.45, 2.75) is 40.0 Å². The molecule has 0 saturated carbocycles. The molecule has 0 saturated heterocycles. The fourth-order valence-corrected chi connectivity index (χ4v) is 2.67. The number of hydrogen-bond acceptors (Lipinski definition) is 0. The van der Waals surface area contributed by atoms with E-state index in [9.17, 15) is 0 Å². The van der Waals surface area contributed by atoms with E-state index in [4.69, 9.17) is 11.6 Å². The molecule has 0 fully saturated rings. The molecule has 1 aromatic rings. The first-order chi connectivity index (χ1) is 9.97. The van der Waals surface area contributed by atoms with Crippen LogP contribution in [0.3, 0.4) is 0 Å². The van der Waals surface area contributed by atoms with Crippen LogP contribution in [0.1, 0.15) is 37.8 Å². The molecule has 0 radical (unpaired) electrons. The standard InChI is InChI=1S/C20H23Cl/c1-14-7-5-6-8-19(14)13-16(3)15(2)11-18-9-10-20(21)17(4)12-18/h5,7,9-10,12-13H,2,6,8,11H2,1,3-4H3/b16-13+. The summed E-state index contributed by atoms with van der Waals surface area (Å²) in [7, 11) is 0. The summed E-state index contributed by atoms with van der Waals surface area (Å²) in [6.45, 7) is 10.6. The van der Waals surface area contributed by atoms with Gasteiger partial charge in [-0.3, -0.25) is 0 Å². The highest BCUT2D eigenvalue weighted by molar-refractivity contribution is 6.31. The summed E-state index contributed by atoms with van der Waals surface area (Å²) in [5, 5.41) is 0.825. The molecule has 0 heterocycles. The van der Waals surface area contributed by atoms with E-state index in [-0.39, 0.29) is 0 Å². The number of benzene rings is 1. The zero-order valence-electron chi connectivity index (χ0n) is 13.2. The Bertz CT molecular complexity index is 642. The Kier molecular flexibility index (Phi) is 5.25. The average Bonchev–Trinajstić information content (AvgIpc) is 2.45. The summed E-state index contributed by atoms with van der Waals surface area (Å²) >= 11 is 6.08. The van der Waals surface area contributed by atoms with Gasteiger partial charge in [-0.25, -0.2) is 0 Å². The van der Waals surface area contributed by atoms with Crippen LogP contribution in [-0.4, -0.2) is 0 Å². The van der Waals surface area contributed by atoms with E-state index in [1.807, 2.05) is 13.0 Å². The van der Waals surface area contributed by atoms with E-state index in [1.165, 1.54) is 27.9 Å². The molecule has 0 spiro atoms. The first-order valence-electron chi connectivity index (χ1n) is 7.45. The molecule has 0 aliphatic heterocycles. The number of aryl methyl sites for hydroxylation is 1. The fraction of sp³-hybridized carbons (Fsp3) is 0.300. The molecule has 1 aromatic carbocycles. The van der Waals surface area contributed by atoms with E-state index in [0.29, 0.717) is 0 Å². The second-order valence-corrected chi connectivity index (χ2v) is 6.25. The van der Waals surface area contributed by atoms with Crippen LogP contribution in [0.15, 0.2) is 65.3 Å². The van der Waals surface area contributed by atoms with Gasteiger partial charge < -0.3 is 0 Å². The van der Waals surface area contributed by atoms with Gasteiger partial charge in [0.1, 0.15) is 0 Å². The Labute approximate surface area is 133 Å². The molecule has 0 N–H and O–H groups in total. The molecule has 2 rings (SSSR count). The number of allylic oxidation sites excluding steroid dienone is 7. The zero-order chi connectivity index (χ0) is 15.4. The van der Waals surface area contributed by atoms with Gasteiger partial charge >= 0.3 is 0 Å². The Morgan fingerprint density at radius 1 is 1.33 bits per heavy atom. The predicted octanol–water partition coefficient (Wildman–Crippen LogP) is 6.36. The molecule has 1 aliphatic rings. The molecule has 0 amide bonds. The van der Waals surface area contributed by atoms with Crippen molar-refractivity contribution in [3.05, 3.63) is 81.4 Å². The fourth-order valence-electron chi connectivity index (χ4n) is 2.56. The van der Waals surface area contributed by atoms with E-state index in [1.54, 1.807) is 0 Å². The van der Waals surface area contributed by atoms with Crippen LogP contribution in [0.5, 0.6) is 0 Å². The lowest BCUT2D eigenvalue weighted by atomic mass is 9.93. The third-order valence-corrected chi connectivity index (χ3v) is 4.47. The van der Waals surface area contributed by atoms with Crippen LogP contribution in [0, 0.1) is 6.92 Å². The lowest BCUT2D eigenvalue weighted by molar-refractivity contribution is 0.964. The van der Waals surface area contributed by atoms with E-state index < -0.39 is 0 Å². The average molecular weight is 299 g/mol. The van der Waals surface area contributed by atoms with Gasteiger partial charge in [-0.1, -0.05) is 48.5 Å². The zero-order valence-corrected chi connectivity index (χ0v) is 13.9. The van der Waals surface area contributed by atoms with E-state index in [2.05, 4.69) is 50.8 Å². The predicted molar refractivity (Wildman–Crippen MR) is 93.9 cm³/mol. The highest BCUT2D eigenvalue weighted by atomic mass is 35.5. The topological polar surface area (TPSA) is 0 Å². The lowest BCUT2D eigenvalue weighted by Crippen LogP contribution is -1.95. The van der Waals surface area contributed by atoms with Crippen LogP contribution < -0.4 is 0 Å². The van der Waals surface area contributed by atoms with Crippen LogP contribution in [0.4, 0.5) is 0 Å². The summed E-state index contributed by atoms with van der Waals surface area (Å²) in [6.07, 6.45) is 9.90. The van der Waals surface area contributed by atoms with Gasteiger partial charge in [0.05, 0.1) is 0 Å². The quantitative estimate of drug-likeness (QED) is 0.567. The monoisotopic (exact) mass is 298 g/mol. The second kappa shape index (κ2) is 6.95. The van der Waals surface area contributed by atoms with Crippen molar-refractivity contribution in [3.63, 3.8) is 0 Å². The van der Waals surface area contributed by atoms with Crippen molar-refractivity contribution in [2.75, 3.05) is 0 Å². The smallest absolute Gasteiger partial charge is 0.0435 e. The SMILES string of the molecule is C=C(Cc1ccc(Cl)c(C)c1)/C(C)=C/C1=C(C)C=CCC1. The van der Waals surface area contributed by atoms with E-state index in [0.717, 1.165) is 29.8 Å². The highest BCUT2D eigenvalue weighted by Crippen LogP contribution is 2.24. The molecule has 0 bridgehead atoms. The van der Waals surface area contributed by atoms with Crippen LogP contribution in [0.2, 0.25) is 5.02 Å². The molecule has 110 valence electrons. The third-order valence-electron chi connectivity index (χ3n) is 4.04. The van der Waals surface area contributed by atoms with Gasteiger partial charge in [-0.15, -0.1) is 0 Å². The minimum absolute atomic E-state index is 0.825. The number of halogens is 1. The molecule has 0 atom stereocenters. The molecular formula is C20H23Cl. The van der Waals surface area contributed by atoms with Gasteiger partial charge in [0.15, 0.2) is 0 Å². The molecular weight excluding hydrogens is 276 g/mol. The van der Waals surface area contributed by atoms with Gasteiger partial charge in [0.2, 0.25) is 0 Å². The molecule has 0 nitrogen and oxygen atoms in total. The van der Waals surface area contributed by atoms with E-state index >= 15 is 0 Å². The highest BCUT2D eigenvalue weighted by Gasteiger charge is 2.06. The minimum atomic E-state index is 0.825. The first kappa shape index (κ1) is 15.9. The maximum Gasteiger partial charge on any atom is 0.0435 e. The largest absolute Gasteiger partial charge is 0.0952 e.